The van der Waals surface area contributed by atoms with Crippen LogP contribution in [0.1, 0.15) is 79.0 Å². The van der Waals surface area contributed by atoms with Crippen LogP contribution in [0.3, 0.4) is 0 Å². The summed E-state index contributed by atoms with van der Waals surface area (Å²) in [7, 11) is 0. The van der Waals surface area contributed by atoms with E-state index in [4.69, 9.17) is 14.2 Å². The van der Waals surface area contributed by atoms with Crippen molar-refractivity contribution >= 4 is 0 Å². The van der Waals surface area contributed by atoms with Crippen molar-refractivity contribution < 1.29 is 19.3 Å². The molecule has 0 N–H and O–H groups in total. The highest BCUT2D eigenvalue weighted by atomic mass is 16.5. The lowest BCUT2D eigenvalue weighted by Crippen LogP contribution is -2.28. The Balaban J connectivity index is 2.05. The molecule has 4 nitrogen and oxygen atoms in total. The summed E-state index contributed by atoms with van der Waals surface area (Å²) in [5.74, 6) is 2.18. The lowest BCUT2D eigenvalue weighted by molar-refractivity contribution is 0.0407. The van der Waals surface area contributed by atoms with Crippen LogP contribution in [-0.4, -0.2) is 16.8 Å². The highest BCUT2D eigenvalue weighted by molar-refractivity contribution is 5.50. The fourth-order valence-corrected chi connectivity index (χ4v) is 3.83. The quantitative estimate of drug-likeness (QED) is 0.340. The van der Waals surface area contributed by atoms with Crippen LogP contribution in [0.5, 0.6) is 17.2 Å². The predicted molar refractivity (Wildman–Crippen MR) is 141 cm³/mol. The van der Waals surface area contributed by atoms with E-state index in [0.717, 1.165) is 17.2 Å². The highest BCUT2D eigenvalue weighted by Gasteiger charge is 2.36. The van der Waals surface area contributed by atoms with E-state index in [1.54, 1.807) is 0 Å². The minimum atomic E-state index is -1.62. The molecule has 1 radical (unpaired) electrons. The maximum absolute atomic E-state index is 14.8. The van der Waals surface area contributed by atoms with Crippen LogP contribution in [-0.2, 0) is 10.7 Å². The minimum Gasteiger partial charge on any atom is -0.488 e. The number of ether oxygens (including phenoxy) is 3. The molecule has 35 heavy (non-hydrogen) atoms. The van der Waals surface area contributed by atoms with E-state index in [1.165, 1.54) is 0 Å². The molecule has 0 aliphatic rings. The van der Waals surface area contributed by atoms with Crippen molar-refractivity contribution in [3.63, 3.8) is 0 Å². The second-order valence-electron chi connectivity index (χ2n) is 11.9. The summed E-state index contributed by atoms with van der Waals surface area (Å²) >= 11 is 0. The van der Waals surface area contributed by atoms with E-state index in [9.17, 15) is 5.11 Å². The summed E-state index contributed by atoms with van der Waals surface area (Å²) in [6.07, 6.45) is 0. The van der Waals surface area contributed by atoms with Crippen LogP contribution in [0, 0.1) is 0 Å². The van der Waals surface area contributed by atoms with Crippen molar-refractivity contribution in [2.45, 2.75) is 84.7 Å². The van der Waals surface area contributed by atoms with Crippen LogP contribution in [0.15, 0.2) is 72.8 Å². The topological polar surface area (TPSA) is 47.6 Å². The van der Waals surface area contributed by atoms with Crippen molar-refractivity contribution in [1.29, 1.82) is 0 Å². The number of benzene rings is 3. The van der Waals surface area contributed by atoms with E-state index in [2.05, 4.69) is 0 Å². The van der Waals surface area contributed by atoms with Gasteiger partial charge in [0.1, 0.15) is 34.1 Å². The molecule has 4 heteroatoms. The third kappa shape index (κ3) is 7.25. The molecule has 187 valence electrons. The van der Waals surface area contributed by atoms with Crippen molar-refractivity contribution in [1.82, 2.24) is 0 Å². The van der Waals surface area contributed by atoms with Gasteiger partial charge in [0.25, 0.3) is 0 Å². The molecule has 3 aromatic rings. The van der Waals surface area contributed by atoms with Crippen molar-refractivity contribution in [2.24, 2.45) is 0 Å². The molecule has 0 fully saturated rings. The van der Waals surface area contributed by atoms with Gasteiger partial charge in [-0.3, -0.25) is 0 Å². The molecule has 3 aromatic carbocycles. The molecular formula is C31H39O4. The molecule has 0 atom stereocenters. The number of rotatable bonds is 6. The zero-order valence-electron chi connectivity index (χ0n) is 22.6. The summed E-state index contributed by atoms with van der Waals surface area (Å²) in [4.78, 5) is 0. The minimum absolute atomic E-state index is 0.318. The van der Waals surface area contributed by atoms with Gasteiger partial charge in [-0.2, -0.15) is 0 Å². The first-order chi connectivity index (χ1) is 16.1. The highest BCUT2D eigenvalue weighted by Crippen LogP contribution is 2.40. The predicted octanol–water partition coefficient (Wildman–Crippen LogP) is 7.94. The molecule has 0 amide bonds. The van der Waals surface area contributed by atoms with Gasteiger partial charge in [-0.15, -0.1) is 0 Å². The van der Waals surface area contributed by atoms with Gasteiger partial charge in [0, 0.05) is 0 Å². The average molecular weight is 476 g/mol. The Morgan fingerprint density at radius 1 is 0.400 bits per heavy atom. The van der Waals surface area contributed by atoms with Crippen LogP contribution < -0.4 is 14.2 Å². The Labute approximate surface area is 210 Å². The van der Waals surface area contributed by atoms with Crippen LogP contribution in [0.4, 0.5) is 0 Å². The summed E-state index contributed by atoms with van der Waals surface area (Å²) in [6, 6.07) is 22.3. The van der Waals surface area contributed by atoms with Gasteiger partial charge >= 0.3 is 0 Å². The maximum atomic E-state index is 14.8. The fraction of sp³-hybridized carbons (Fsp3) is 0.419. The van der Waals surface area contributed by atoms with Crippen LogP contribution in [0.25, 0.3) is 0 Å². The first kappa shape index (κ1) is 26.6. The largest absolute Gasteiger partial charge is 0.488 e. The molecular weight excluding hydrogens is 436 g/mol. The lowest BCUT2D eigenvalue weighted by Gasteiger charge is -2.29. The maximum Gasteiger partial charge on any atom is 0.179 e. The van der Waals surface area contributed by atoms with E-state index in [0.29, 0.717) is 16.7 Å². The molecule has 0 spiro atoms. The Bertz CT molecular complexity index is 947. The second kappa shape index (κ2) is 9.58. The molecule has 0 aliphatic heterocycles. The van der Waals surface area contributed by atoms with Gasteiger partial charge in [-0.25, -0.2) is 5.11 Å². The molecule has 0 aromatic heterocycles. The van der Waals surface area contributed by atoms with Gasteiger partial charge in [0.2, 0.25) is 0 Å². The zero-order chi connectivity index (χ0) is 26.1. The standard InChI is InChI=1S/C31H39O4/c1-28(2,3)33-25-16-10-22(11-17-25)31(32,23-12-18-26(19-13-23)34-29(4,5)6)24-14-20-27(21-15-24)35-30(7,8)9/h10-21H,1-9H3. The molecule has 0 unspecified atom stereocenters. The molecule has 0 heterocycles. The SMILES string of the molecule is CC(C)(C)Oc1ccc(C([O])(c2ccc(OC(C)(C)C)cc2)c2ccc(OC(C)(C)C)cc2)cc1. The fourth-order valence-electron chi connectivity index (χ4n) is 3.83. The second-order valence-corrected chi connectivity index (χ2v) is 11.9. The van der Waals surface area contributed by atoms with Gasteiger partial charge < -0.3 is 14.2 Å². The molecule has 0 bridgehead atoms. The van der Waals surface area contributed by atoms with Gasteiger partial charge in [0.05, 0.1) is 0 Å². The Hall–Kier alpha value is -2.98. The first-order valence-electron chi connectivity index (χ1n) is 12.1. The van der Waals surface area contributed by atoms with E-state index in [1.807, 2.05) is 135 Å². The normalized spacial score (nSPS) is 12.9. The average Bonchev–Trinajstić information content (AvgIpc) is 2.71. The lowest BCUT2D eigenvalue weighted by atomic mass is 9.80. The van der Waals surface area contributed by atoms with E-state index in [-0.39, 0.29) is 16.8 Å². The van der Waals surface area contributed by atoms with Crippen molar-refractivity contribution in [3.8, 4) is 17.2 Å². The van der Waals surface area contributed by atoms with Gasteiger partial charge in [0.15, 0.2) is 5.60 Å². The molecule has 3 rings (SSSR count). The Kier molecular flexibility index (Phi) is 7.29. The number of hydrogen-bond donors (Lipinski definition) is 0. The summed E-state index contributed by atoms with van der Waals surface area (Å²) in [5, 5.41) is 14.8. The van der Waals surface area contributed by atoms with Gasteiger partial charge in [-0.05, 0) is 115 Å². The van der Waals surface area contributed by atoms with Crippen LogP contribution in [0.2, 0.25) is 0 Å². The third-order valence-corrected chi connectivity index (χ3v) is 5.05. The van der Waals surface area contributed by atoms with E-state index >= 15 is 0 Å². The molecule has 0 saturated carbocycles. The molecule has 0 saturated heterocycles. The zero-order valence-corrected chi connectivity index (χ0v) is 22.6. The summed E-state index contributed by atoms with van der Waals surface area (Å²) < 4.78 is 17.9. The van der Waals surface area contributed by atoms with Crippen molar-refractivity contribution in [3.05, 3.63) is 89.5 Å². The Morgan fingerprint density at radius 2 is 0.600 bits per heavy atom. The van der Waals surface area contributed by atoms with E-state index < -0.39 is 5.60 Å². The molecule has 0 aliphatic carbocycles. The number of hydrogen-bond acceptors (Lipinski definition) is 3. The first-order valence-corrected chi connectivity index (χ1v) is 12.1. The van der Waals surface area contributed by atoms with Crippen LogP contribution >= 0.6 is 0 Å². The Morgan fingerprint density at radius 3 is 0.771 bits per heavy atom. The monoisotopic (exact) mass is 475 g/mol. The van der Waals surface area contributed by atoms with Gasteiger partial charge in [-0.1, -0.05) is 36.4 Å². The third-order valence-electron chi connectivity index (χ3n) is 5.05. The smallest absolute Gasteiger partial charge is 0.179 e. The summed E-state index contributed by atoms with van der Waals surface area (Å²) in [5.41, 5.74) is -0.681. The summed E-state index contributed by atoms with van der Waals surface area (Å²) in [6.45, 7) is 18.0. The van der Waals surface area contributed by atoms with Crippen molar-refractivity contribution in [2.75, 3.05) is 0 Å².